The van der Waals surface area contributed by atoms with Gasteiger partial charge in [0.1, 0.15) is 5.58 Å². The van der Waals surface area contributed by atoms with Crippen molar-refractivity contribution in [3.8, 4) is 0 Å². The average Bonchev–Trinajstić information content (AvgIpc) is 3.17. The third kappa shape index (κ3) is 3.70. The monoisotopic (exact) mass is 370 g/mol. The fourth-order valence-electron chi connectivity index (χ4n) is 4.94. The maximum atomic E-state index is 12.0. The molecule has 2 saturated heterocycles. The summed E-state index contributed by atoms with van der Waals surface area (Å²) in [4.78, 5) is 16.5. The predicted octanol–water partition coefficient (Wildman–Crippen LogP) is 4.48. The Bertz CT molecular complexity index is 779. The Morgan fingerprint density at radius 3 is 2.74 bits per heavy atom. The molecule has 2 atom stereocenters. The fraction of sp³-hybridized carbons (Fsp3) is 0.591. The number of amides is 1. The summed E-state index contributed by atoms with van der Waals surface area (Å²) in [7, 11) is 0. The lowest BCUT2D eigenvalue weighted by atomic mass is 9.85. The molecule has 2 aliphatic rings. The minimum absolute atomic E-state index is 0.159. The third-order valence-corrected chi connectivity index (χ3v) is 6.33. The van der Waals surface area contributed by atoms with Crippen molar-refractivity contribution in [2.45, 2.75) is 45.1 Å². The Morgan fingerprint density at radius 2 is 2.00 bits per heavy atom. The molecule has 146 valence electrons. The normalized spacial score (nSPS) is 25.0. The largest absolute Gasteiger partial charge is 0.464 e. The molecule has 0 radical (unpaired) electrons. The van der Waals surface area contributed by atoms with E-state index in [-0.39, 0.29) is 6.09 Å². The summed E-state index contributed by atoms with van der Waals surface area (Å²) in [6.07, 6.45) is 5.02. The first kappa shape index (κ1) is 18.4. The van der Waals surface area contributed by atoms with E-state index in [1.807, 2.05) is 17.9 Å². The zero-order valence-electron chi connectivity index (χ0n) is 16.4. The van der Waals surface area contributed by atoms with E-state index in [4.69, 9.17) is 9.15 Å². The van der Waals surface area contributed by atoms with Crippen LogP contribution in [0.5, 0.6) is 0 Å². The third-order valence-electron chi connectivity index (χ3n) is 6.33. The van der Waals surface area contributed by atoms with Crippen LogP contribution in [-0.2, 0) is 4.74 Å². The zero-order valence-corrected chi connectivity index (χ0v) is 16.4. The van der Waals surface area contributed by atoms with E-state index in [2.05, 4.69) is 30.0 Å². The van der Waals surface area contributed by atoms with Crippen LogP contribution < -0.4 is 0 Å². The molecule has 3 heterocycles. The number of fused-ring (bicyclic) bond motifs is 1. The highest BCUT2D eigenvalue weighted by Crippen LogP contribution is 2.35. The molecule has 0 N–H and O–H groups in total. The van der Waals surface area contributed by atoms with Crippen molar-refractivity contribution in [2.24, 2.45) is 5.92 Å². The maximum Gasteiger partial charge on any atom is 0.409 e. The number of para-hydroxylation sites is 1. The predicted molar refractivity (Wildman–Crippen MR) is 106 cm³/mol. The van der Waals surface area contributed by atoms with E-state index in [0.717, 1.165) is 38.2 Å². The molecule has 2 aliphatic heterocycles. The molecule has 0 unspecified atom stereocenters. The van der Waals surface area contributed by atoms with Gasteiger partial charge in [0.25, 0.3) is 0 Å². The highest BCUT2D eigenvalue weighted by atomic mass is 16.6. The van der Waals surface area contributed by atoms with Crippen molar-refractivity contribution in [3.05, 3.63) is 36.1 Å². The van der Waals surface area contributed by atoms with E-state index >= 15 is 0 Å². The SMILES string of the molecule is CCOC(=O)N1CC[C@@H](N2CCC(c3cccc4ccoc34)CC2)[C@H](C)C1. The molecule has 27 heavy (non-hydrogen) atoms. The second kappa shape index (κ2) is 7.93. The zero-order chi connectivity index (χ0) is 18.8. The van der Waals surface area contributed by atoms with Crippen LogP contribution in [0.2, 0.25) is 0 Å². The van der Waals surface area contributed by atoms with E-state index in [1.165, 1.54) is 23.8 Å². The van der Waals surface area contributed by atoms with Gasteiger partial charge in [0.15, 0.2) is 0 Å². The molecule has 1 aromatic carbocycles. The smallest absolute Gasteiger partial charge is 0.409 e. The Balaban J connectivity index is 1.36. The van der Waals surface area contributed by atoms with Gasteiger partial charge >= 0.3 is 6.09 Å². The van der Waals surface area contributed by atoms with Gasteiger partial charge in [-0.1, -0.05) is 25.1 Å². The highest BCUT2D eigenvalue weighted by molar-refractivity contribution is 5.80. The number of furan rings is 1. The van der Waals surface area contributed by atoms with Crippen molar-refractivity contribution in [2.75, 3.05) is 32.8 Å². The lowest BCUT2D eigenvalue weighted by Crippen LogP contribution is -2.53. The number of hydrogen-bond acceptors (Lipinski definition) is 4. The van der Waals surface area contributed by atoms with Gasteiger partial charge in [0.05, 0.1) is 12.9 Å². The van der Waals surface area contributed by atoms with Crippen LogP contribution in [0, 0.1) is 5.92 Å². The molecule has 2 aromatic rings. The van der Waals surface area contributed by atoms with Gasteiger partial charge in [0, 0.05) is 24.5 Å². The van der Waals surface area contributed by atoms with Gasteiger partial charge in [-0.2, -0.15) is 0 Å². The number of carbonyl (C=O) groups is 1. The van der Waals surface area contributed by atoms with Gasteiger partial charge in [-0.05, 0) is 62.7 Å². The van der Waals surface area contributed by atoms with Crippen LogP contribution >= 0.6 is 0 Å². The minimum atomic E-state index is -0.159. The number of piperidine rings is 2. The van der Waals surface area contributed by atoms with Crippen LogP contribution in [0.1, 0.15) is 44.6 Å². The quantitative estimate of drug-likeness (QED) is 0.799. The first-order valence-electron chi connectivity index (χ1n) is 10.3. The molecular weight excluding hydrogens is 340 g/mol. The molecule has 0 bridgehead atoms. The molecular formula is C22H30N2O3. The summed E-state index contributed by atoms with van der Waals surface area (Å²) in [5.41, 5.74) is 2.43. The second-order valence-corrected chi connectivity index (χ2v) is 7.97. The summed E-state index contributed by atoms with van der Waals surface area (Å²) in [6, 6.07) is 9.11. The number of benzene rings is 1. The van der Waals surface area contributed by atoms with Gasteiger partial charge in [-0.15, -0.1) is 0 Å². The number of carbonyl (C=O) groups excluding carboxylic acids is 1. The van der Waals surface area contributed by atoms with Crippen LogP contribution in [-0.4, -0.2) is 54.7 Å². The summed E-state index contributed by atoms with van der Waals surface area (Å²) < 4.78 is 10.9. The molecule has 1 amide bonds. The average molecular weight is 370 g/mol. The first-order chi connectivity index (χ1) is 13.2. The van der Waals surface area contributed by atoms with Crippen molar-refractivity contribution in [1.82, 2.24) is 9.80 Å². The summed E-state index contributed by atoms with van der Waals surface area (Å²) in [5.74, 6) is 1.05. The molecule has 4 rings (SSSR count). The van der Waals surface area contributed by atoms with Crippen molar-refractivity contribution in [1.29, 1.82) is 0 Å². The van der Waals surface area contributed by atoms with Gasteiger partial charge in [-0.25, -0.2) is 4.79 Å². The maximum absolute atomic E-state index is 12.0. The number of likely N-dealkylation sites (tertiary alicyclic amines) is 2. The molecule has 0 saturated carbocycles. The molecule has 5 nitrogen and oxygen atoms in total. The second-order valence-electron chi connectivity index (χ2n) is 7.97. The highest BCUT2D eigenvalue weighted by Gasteiger charge is 2.35. The Kier molecular flexibility index (Phi) is 5.39. The van der Waals surface area contributed by atoms with Crippen molar-refractivity contribution in [3.63, 3.8) is 0 Å². The lowest BCUT2D eigenvalue weighted by molar-refractivity contribution is 0.0385. The summed E-state index contributed by atoms with van der Waals surface area (Å²) >= 11 is 0. The molecule has 5 heteroatoms. The molecule has 1 aromatic heterocycles. The number of hydrogen-bond donors (Lipinski definition) is 0. The van der Waals surface area contributed by atoms with Crippen LogP contribution in [0.4, 0.5) is 4.79 Å². The molecule has 0 spiro atoms. The van der Waals surface area contributed by atoms with E-state index < -0.39 is 0 Å². The van der Waals surface area contributed by atoms with E-state index in [0.29, 0.717) is 24.5 Å². The number of nitrogens with zero attached hydrogens (tertiary/aromatic N) is 2. The summed E-state index contributed by atoms with van der Waals surface area (Å²) in [5, 5.41) is 1.20. The molecule has 2 fully saturated rings. The lowest BCUT2D eigenvalue weighted by Gasteiger charge is -2.45. The van der Waals surface area contributed by atoms with Crippen LogP contribution in [0.3, 0.4) is 0 Å². The van der Waals surface area contributed by atoms with Crippen molar-refractivity contribution >= 4 is 17.1 Å². The van der Waals surface area contributed by atoms with Crippen molar-refractivity contribution < 1.29 is 13.9 Å². The number of ether oxygens (including phenoxy) is 1. The van der Waals surface area contributed by atoms with Crippen LogP contribution in [0.25, 0.3) is 11.0 Å². The standard InChI is InChI=1S/C22H30N2O3/c1-3-26-22(25)24-13-9-20(16(2)15-24)23-11-7-17(8-12-23)19-6-4-5-18-10-14-27-21(18)19/h4-6,10,14,16-17,20H,3,7-9,11-13,15H2,1-2H3/t16-,20-/m1/s1. The Labute approximate surface area is 161 Å². The minimum Gasteiger partial charge on any atom is -0.464 e. The Hall–Kier alpha value is -2.01. The van der Waals surface area contributed by atoms with E-state index in [9.17, 15) is 4.79 Å². The number of rotatable bonds is 3. The first-order valence-corrected chi connectivity index (χ1v) is 10.3. The van der Waals surface area contributed by atoms with Crippen LogP contribution in [0.15, 0.2) is 34.9 Å². The van der Waals surface area contributed by atoms with E-state index in [1.54, 1.807) is 6.26 Å². The molecule has 0 aliphatic carbocycles. The van der Waals surface area contributed by atoms with Gasteiger partial charge < -0.3 is 14.1 Å². The Morgan fingerprint density at radius 1 is 1.19 bits per heavy atom. The van der Waals surface area contributed by atoms with Gasteiger partial charge in [-0.3, -0.25) is 4.90 Å². The van der Waals surface area contributed by atoms with Gasteiger partial charge in [0.2, 0.25) is 0 Å². The fourth-order valence-corrected chi connectivity index (χ4v) is 4.94. The summed E-state index contributed by atoms with van der Waals surface area (Å²) in [6.45, 7) is 8.43. The topological polar surface area (TPSA) is 45.9 Å².